The number of carbonyl (C=O) groups is 4. The Bertz CT molecular complexity index is 1390. The van der Waals surface area contributed by atoms with Crippen molar-refractivity contribution in [3.63, 3.8) is 0 Å². The molecule has 3 aromatic carbocycles. The van der Waals surface area contributed by atoms with Crippen molar-refractivity contribution in [3.05, 3.63) is 100 Å². The second-order valence-corrected chi connectivity index (χ2v) is 10.9. The number of Topliss-reactive ketones (excluding diaryl/α,β-unsaturated/α-hetero) is 1. The van der Waals surface area contributed by atoms with E-state index in [1.54, 1.807) is 36.4 Å². The normalized spacial score (nSPS) is 25.9. The summed E-state index contributed by atoms with van der Waals surface area (Å²) in [4.78, 5) is 52.9. The molecule has 6 rings (SSSR count). The van der Waals surface area contributed by atoms with Crippen LogP contribution in [0.3, 0.4) is 0 Å². The van der Waals surface area contributed by atoms with Crippen LogP contribution in [0.5, 0.6) is 0 Å². The zero-order valence-corrected chi connectivity index (χ0v) is 21.5. The fourth-order valence-corrected chi connectivity index (χ4v) is 6.74. The molecule has 0 spiro atoms. The molecule has 2 saturated carbocycles. The number of hydrogen-bond acceptors (Lipinski definition) is 5. The van der Waals surface area contributed by atoms with E-state index in [0.717, 1.165) is 17.3 Å². The third-order valence-electron chi connectivity index (χ3n) is 8.11. The number of imide groups is 1. The van der Waals surface area contributed by atoms with Gasteiger partial charge in [-0.1, -0.05) is 58.4 Å². The van der Waals surface area contributed by atoms with Crippen LogP contribution in [0.25, 0.3) is 0 Å². The van der Waals surface area contributed by atoms with E-state index in [4.69, 9.17) is 4.74 Å². The molecular formula is C30H24BrNO5. The molecule has 1 heterocycles. The van der Waals surface area contributed by atoms with Crippen LogP contribution in [0, 0.1) is 23.7 Å². The van der Waals surface area contributed by atoms with E-state index < -0.39 is 5.97 Å². The third-order valence-corrected chi connectivity index (χ3v) is 8.63. The molecule has 5 atom stereocenters. The summed E-state index contributed by atoms with van der Waals surface area (Å²) in [5, 5.41) is 0. The maximum absolute atomic E-state index is 13.5. The van der Waals surface area contributed by atoms with Crippen LogP contribution in [0.2, 0.25) is 0 Å². The molecule has 2 bridgehead atoms. The summed E-state index contributed by atoms with van der Waals surface area (Å²) in [6.07, 6.45) is 1.86. The Morgan fingerprint density at radius 2 is 1.46 bits per heavy atom. The topological polar surface area (TPSA) is 80.8 Å². The first-order valence-corrected chi connectivity index (χ1v) is 13.2. The van der Waals surface area contributed by atoms with Crippen LogP contribution in [-0.4, -0.2) is 30.2 Å². The molecule has 7 heteroatoms. The zero-order valence-electron chi connectivity index (χ0n) is 19.9. The van der Waals surface area contributed by atoms with E-state index in [1.807, 2.05) is 18.2 Å². The van der Waals surface area contributed by atoms with Crippen LogP contribution in [0.4, 0.5) is 5.69 Å². The van der Waals surface area contributed by atoms with E-state index in [-0.39, 0.29) is 53.4 Å². The van der Waals surface area contributed by atoms with Gasteiger partial charge in [-0.25, -0.2) is 4.79 Å². The zero-order chi connectivity index (χ0) is 25.7. The minimum Gasteiger partial charge on any atom is -0.454 e. The summed E-state index contributed by atoms with van der Waals surface area (Å²) < 4.78 is 6.04. The van der Waals surface area contributed by atoms with Crippen molar-refractivity contribution in [1.29, 1.82) is 0 Å². The lowest BCUT2D eigenvalue weighted by molar-refractivity contribution is -0.123. The predicted octanol–water partition coefficient (Wildman–Crippen LogP) is 5.42. The van der Waals surface area contributed by atoms with Crippen molar-refractivity contribution in [2.75, 3.05) is 11.5 Å². The number of nitrogens with zero attached hydrogens (tertiary/aromatic N) is 1. The third kappa shape index (κ3) is 4.11. The first-order valence-electron chi connectivity index (χ1n) is 12.4. The Balaban J connectivity index is 1.13. The Morgan fingerprint density at radius 1 is 0.811 bits per heavy atom. The van der Waals surface area contributed by atoms with Crippen LogP contribution in [0.1, 0.15) is 45.0 Å². The summed E-state index contributed by atoms with van der Waals surface area (Å²) in [6.45, 7) is -0.375. The molecule has 6 nitrogen and oxygen atoms in total. The van der Waals surface area contributed by atoms with Crippen LogP contribution in [0.15, 0.2) is 83.3 Å². The average Bonchev–Trinajstić information content (AvgIpc) is 3.59. The molecule has 2 aliphatic carbocycles. The van der Waals surface area contributed by atoms with Gasteiger partial charge in [0.2, 0.25) is 11.8 Å². The Hall–Kier alpha value is -3.58. The lowest BCUT2D eigenvalue weighted by Gasteiger charge is -2.28. The quantitative estimate of drug-likeness (QED) is 0.230. The SMILES string of the molecule is O=C(COC(=O)c1ccc(N2C(=O)[C@@H]3[C@@H]4C[C@@H]([C@@H]3C2=O)[C@H](c2ccccc2)C4)cc1)c1ccc(Br)cc1. The van der Waals surface area contributed by atoms with Crippen molar-refractivity contribution >= 4 is 45.2 Å². The van der Waals surface area contributed by atoms with Gasteiger partial charge in [0, 0.05) is 10.0 Å². The van der Waals surface area contributed by atoms with Crippen molar-refractivity contribution in [1.82, 2.24) is 0 Å². The van der Waals surface area contributed by atoms with Gasteiger partial charge in [0.1, 0.15) is 0 Å². The first kappa shape index (κ1) is 23.8. The number of carbonyl (C=O) groups excluding carboxylic acids is 4. The number of fused-ring (bicyclic) bond motifs is 5. The highest BCUT2D eigenvalue weighted by Crippen LogP contribution is 2.61. The van der Waals surface area contributed by atoms with Gasteiger partial charge in [-0.3, -0.25) is 19.3 Å². The number of amides is 2. The van der Waals surface area contributed by atoms with Gasteiger partial charge in [-0.15, -0.1) is 0 Å². The summed E-state index contributed by atoms with van der Waals surface area (Å²) in [6, 6.07) is 23.3. The predicted molar refractivity (Wildman–Crippen MR) is 140 cm³/mol. The summed E-state index contributed by atoms with van der Waals surface area (Å²) in [5.41, 5.74) is 2.40. The summed E-state index contributed by atoms with van der Waals surface area (Å²) >= 11 is 3.32. The van der Waals surface area contributed by atoms with E-state index in [2.05, 4.69) is 28.1 Å². The molecule has 2 amide bonds. The minimum absolute atomic E-state index is 0.135. The number of halogens is 1. The molecule has 0 radical (unpaired) electrons. The molecule has 0 N–H and O–H groups in total. The molecule has 186 valence electrons. The van der Waals surface area contributed by atoms with Crippen molar-refractivity contribution < 1.29 is 23.9 Å². The van der Waals surface area contributed by atoms with Gasteiger partial charge >= 0.3 is 5.97 Å². The molecule has 37 heavy (non-hydrogen) atoms. The fourth-order valence-electron chi connectivity index (χ4n) is 6.48. The first-order chi connectivity index (χ1) is 17.9. The molecule has 0 aromatic heterocycles. The molecule has 0 unspecified atom stereocenters. The Morgan fingerprint density at radius 3 is 2.16 bits per heavy atom. The molecule has 1 aliphatic heterocycles. The van der Waals surface area contributed by atoms with Gasteiger partial charge in [-0.2, -0.15) is 0 Å². The molecule has 1 saturated heterocycles. The van der Waals surface area contributed by atoms with Crippen LogP contribution in [-0.2, 0) is 14.3 Å². The number of ketones is 1. The monoisotopic (exact) mass is 557 g/mol. The lowest BCUT2D eigenvalue weighted by atomic mass is 9.73. The number of ether oxygens (including phenoxy) is 1. The highest BCUT2D eigenvalue weighted by molar-refractivity contribution is 9.10. The second kappa shape index (κ2) is 9.38. The smallest absolute Gasteiger partial charge is 0.338 e. The maximum Gasteiger partial charge on any atom is 0.338 e. The Labute approximate surface area is 222 Å². The number of benzene rings is 3. The van der Waals surface area contributed by atoms with Gasteiger partial charge < -0.3 is 4.74 Å². The minimum atomic E-state index is -0.642. The average molecular weight is 558 g/mol. The number of anilines is 1. The Kier molecular flexibility index (Phi) is 6.03. The molecule has 3 aromatic rings. The highest BCUT2D eigenvalue weighted by atomic mass is 79.9. The van der Waals surface area contributed by atoms with Gasteiger partial charge in [0.15, 0.2) is 12.4 Å². The van der Waals surface area contributed by atoms with Crippen molar-refractivity contribution in [2.45, 2.75) is 18.8 Å². The fraction of sp³-hybridized carbons (Fsp3) is 0.267. The molecule has 3 fully saturated rings. The van der Waals surface area contributed by atoms with Crippen LogP contribution < -0.4 is 4.90 Å². The van der Waals surface area contributed by atoms with Crippen LogP contribution >= 0.6 is 15.9 Å². The van der Waals surface area contributed by atoms with E-state index >= 15 is 0 Å². The maximum atomic E-state index is 13.5. The number of esters is 1. The van der Waals surface area contributed by atoms with Gasteiger partial charge in [-0.05, 0) is 72.6 Å². The van der Waals surface area contributed by atoms with Crippen molar-refractivity contribution in [3.8, 4) is 0 Å². The lowest BCUT2D eigenvalue weighted by Crippen LogP contribution is -2.33. The molecular weight excluding hydrogens is 534 g/mol. The van der Waals surface area contributed by atoms with E-state index in [0.29, 0.717) is 17.2 Å². The molecule has 3 aliphatic rings. The standard InChI is InChI=1S/C30H24BrNO5/c31-21-10-6-18(7-11-21)25(33)16-37-30(36)19-8-12-22(13-9-19)32-28(34)26-20-14-23(17-4-2-1-3-5-17)24(15-20)27(26)29(32)35/h1-13,20,23-24,26-27H,14-16H2/t20-,23-,24+,26+,27-/m0/s1. The number of rotatable bonds is 6. The summed E-state index contributed by atoms with van der Waals surface area (Å²) in [5.74, 6) is -1.06. The number of hydrogen-bond donors (Lipinski definition) is 0. The largest absolute Gasteiger partial charge is 0.454 e. The van der Waals surface area contributed by atoms with Gasteiger partial charge in [0.25, 0.3) is 0 Å². The van der Waals surface area contributed by atoms with E-state index in [1.165, 1.54) is 22.6 Å². The summed E-state index contributed by atoms with van der Waals surface area (Å²) in [7, 11) is 0. The highest BCUT2D eigenvalue weighted by Gasteiger charge is 2.64. The van der Waals surface area contributed by atoms with Gasteiger partial charge in [0.05, 0.1) is 23.1 Å². The second-order valence-electron chi connectivity index (χ2n) is 10.0. The van der Waals surface area contributed by atoms with E-state index in [9.17, 15) is 19.2 Å². The van der Waals surface area contributed by atoms with Crippen molar-refractivity contribution in [2.24, 2.45) is 23.7 Å².